The van der Waals surface area contributed by atoms with Gasteiger partial charge >= 0.3 is 0 Å². The highest BCUT2D eigenvalue weighted by Crippen LogP contribution is 2.17. The van der Waals surface area contributed by atoms with Crippen LogP contribution in [-0.2, 0) is 0 Å². The lowest BCUT2D eigenvalue weighted by Gasteiger charge is -2.14. The summed E-state index contributed by atoms with van der Waals surface area (Å²) in [5, 5.41) is 9.54. The summed E-state index contributed by atoms with van der Waals surface area (Å²) in [6.07, 6.45) is -0.480. The minimum atomic E-state index is -0.480. The van der Waals surface area contributed by atoms with Gasteiger partial charge in [0.15, 0.2) is 0 Å². The normalized spacial score (nSPS) is 14.7. The second-order valence-electron chi connectivity index (χ2n) is 3.80. The highest BCUT2D eigenvalue weighted by atomic mass is 79.9. The molecule has 0 aliphatic heterocycles. The Labute approximate surface area is 99.4 Å². The molecule has 0 aliphatic rings. The molecule has 1 rings (SSSR count). The molecule has 0 unspecified atom stereocenters. The first-order chi connectivity index (χ1) is 7.00. The Balaban J connectivity index is 2.55. The monoisotopic (exact) mass is 272 g/mol. The predicted octanol–water partition coefficient (Wildman–Crippen LogP) is 2.83. The third kappa shape index (κ3) is 3.84. The molecule has 84 valence electrons. The Bertz CT molecular complexity index is 323. The van der Waals surface area contributed by atoms with Gasteiger partial charge < -0.3 is 9.84 Å². The van der Waals surface area contributed by atoms with E-state index in [-0.39, 0.29) is 4.83 Å². The first-order valence-electron chi connectivity index (χ1n) is 5.03. The second-order valence-corrected chi connectivity index (χ2v) is 5.25. The van der Waals surface area contributed by atoms with Crippen molar-refractivity contribution >= 4 is 15.9 Å². The van der Waals surface area contributed by atoms with Crippen LogP contribution in [0.2, 0.25) is 0 Å². The summed E-state index contributed by atoms with van der Waals surface area (Å²) in [6, 6.07) is 5.93. The van der Waals surface area contributed by atoms with Crippen molar-refractivity contribution in [1.29, 1.82) is 0 Å². The average molecular weight is 273 g/mol. The number of aryl methyl sites for hydroxylation is 2. The van der Waals surface area contributed by atoms with E-state index >= 15 is 0 Å². The highest BCUT2D eigenvalue weighted by molar-refractivity contribution is 9.09. The minimum Gasteiger partial charge on any atom is -0.491 e. The first-order valence-corrected chi connectivity index (χ1v) is 5.94. The molecule has 1 aromatic rings. The van der Waals surface area contributed by atoms with Crippen LogP contribution in [-0.4, -0.2) is 22.6 Å². The van der Waals surface area contributed by atoms with Crippen molar-refractivity contribution in [3.05, 3.63) is 29.3 Å². The van der Waals surface area contributed by atoms with Crippen LogP contribution in [0.5, 0.6) is 5.75 Å². The Morgan fingerprint density at radius 1 is 1.33 bits per heavy atom. The number of alkyl halides is 1. The van der Waals surface area contributed by atoms with E-state index in [9.17, 15) is 5.11 Å². The zero-order valence-corrected chi connectivity index (χ0v) is 10.9. The van der Waals surface area contributed by atoms with E-state index in [0.29, 0.717) is 6.61 Å². The molecule has 1 aromatic carbocycles. The number of benzene rings is 1. The third-order valence-corrected chi connectivity index (χ3v) is 3.04. The fourth-order valence-electron chi connectivity index (χ4n) is 1.12. The van der Waals surface area contributed by atoms with E-state index in [0.717, 1.165) is 5.75 Å². The quantitative estimate of drug-likeness (QED) is 0.855. The fraction of sp³-hybridized carbons (Fsp3) is 0.500. The van der Waals surface area contributed by atoms with Gasteiger partial charge in [-0.3, -0.25) is 0 Å². The third-order valence-electron chi connectivity index (χ3n) is 2.43. The molecule has 0 amide bonds. The molecule has 2 nitrogen and oxygen atoms in total. The second kappa shape index (κ2) is 5.52. The van der Waals surface area contributed by atoms with E-state index in [1.165, 1.54) is 11.1 Å². The molecule has 0 saturated heterocycles. The summed E-state index contributed by atoms with van der Waals surface area (Å²) >= 11 is 3.31. The zero-order chi connectivity index (χ0) is 11.4. The SMILES string of the molecule is Cc1ccc(OC[C@H](O)[C@@H](C)Br)cc1C. The van der Waals surface area contributed by atoms with Gasteiger partial charge in [-0.1, -0.05) is 28.9 Å². The molecule has 0 radical (unpaired) electrons. The van der Waals surface area contributed by atoms with Crippen LogP contribution in [0.15, 0.2) is 18.2 Å². The lowest BCUT2D eigenvalue weighted by molar-refractivity contribution is 0.110. The lowest BCUT2D eigenvalue weighted by Crippen LogP contribution is -2.25. The van der Waals surface area contributed by atoms with Crippen molar-refractivity contribution < 1.29 is 9.84 Å². The van der Waals surface area contributed by atoms with Crippen molar-refractivity contribution in [1.82, 2.24) is 0 Å². The molecular formula is C12H17BrO2. The van der Waals surface area contributed by atoms with Crippen molar-refractivity contribution in [2.75, 3.05) is 6.61 Å². The molecule has 15 heavy (non-hydrogen) atoms. The zero-order valence-electron chi connectivity index (χ0n) is 9.33. The standard InChI is InChI=1S/C12H17BrO2/c1-8-4-5-11(6-9(8)2)15-7-12(14)10(3)13/h4-6,10,12,14H,7H2,1-3H3/t10-,12+/m1/s1. The van der Waals surface area contributed by atoms with Crippen LogP contribution in [0.25, 0.3) is 0 Å². The fourth-order valence-corrected chi connectivity index (χ4v) is 1.27. The predicted molar refractivity (Wildman–Crippen MR) is 65.8 cm³/mol. The minimum absolute atomic E-state index is 0.0454. The largest absolute Gasteiger partial charge is 0.491 e. The van der Waals surface area contributed by atoms with Crippen molar-refractivity contribution in [2.24, 2.45) is 0 Å². The number of hydrogen-bond acceptors (Lipinski definition) is 2. The first kappa shape index (κ1) is 12.5. The van der Waals surface area contributed by atoms with Gasteiger partial charge in [-0.25, -0.2) is 0 Å². The molecular weight excluding hydrogens is 256 g/mol. The van der Waals surface area contributed by atoms with Gasteiger partial charge in [-0.05, 0) is 37.1 Å². The van der Waals surface area contributed by atoms with E-state index in [1.807, 2.05) is 32.0 Å². The number of ether oxygens (including phenoxy) is 1. The van der Waals surface area contributed by atoms with Gasteiger partial charge in [-0.15, -0.1) is 0 Å². The molecule has 0 bridgehead atoms. The van der Waals surface area contributed by atoms with Gasteiger partial charge in [0.2, 0.25) is 0 Å². The maximum absolute atomic E-state index is 9.54. The Morgan fingerprint density at radius 3 is 2.53 bits per heavy atom. The van der Waals surface area contributed by atoms with Gasteiger partial charge in [0.1, 0.15) is 18.5 Å². The number of hydrogen-bond donors (Lipinski definition) is 1. The summed E-state index contributed by atoms with van der Waals surface area (Å²) in [5.74, 6) is 0.810. The maximum atomic E-state index is 9.54. The van der Waals surface area contributed by atoms with Crippen LogP contribution in [0, 0.1) is 13.8 Å². The molecule has 0 aromatic heterocycles. The van der Waals surface area contributed by atoms with Crippen LogP contribution < -0.4 is 4.74 Å². The molecule has 0 spiro atoms. The number of halogens is 1. The lowest BCUT2D eigenvalue weighted by atomic mass is 10.1. The smallest absolute Gasteiger partial charge is 0.119 e. The van der Waals surface area contributed by atoms with Crippen LogP contribution >= 0.6 is 15.9 Å². The summed E-state index contributed by atoms with van der Waals surface area (Å²) in [4.78, 5) is 0.0454. The molecule has 3 heteroatoms. The van der Waals surface area contributed by atoms with Crippen LogP contribution in [0.3, 0.4) is 0 Å². The maximum Gasteiger partial charge on any atom is 0.119 e. The van der Waals surface area contributed by atoms with E-state index < -0.39 is 6.10 Å². The van der Waals surface area contributed by atoms with Crippen LogP contribution in [0.1, 0.15) is 18.1 Å². The van der Waals surface area contributed by atoms with E-state index in [4.69, 9.17) is 4.74 Å². The highest BCUT2D eigenvalue weighted by Gasteiger charge is 2.11. The van der Waals surface area contributed by atoms with E-state index in [2.05, 4.69) is 22.9 Å². The molecule has 1 N–H and O–H groups in total. The number of rotatable bonds is 4. The number of aliphatic hydroxyl groups excluding tert-OH is 1. The van der Waals surface area contributed by atoms with Crippen LogP contribution in [0.4, 0.5) is 0 Å². The summed E-state index contributed by atoms with van der Waals surface area (Å²) in [5.41, 5.74) is 2.45. The Morgan fingerprint density at radius 2 is 2.00 bits per heavy atom. The van der Waals surface area contributed by atoms with Crippen molar-refractivity contribution in [3.8, 4) is 5.75 Å². The van der Waals surface area contributed by atoms with Crippen molar-refractivity contribution in [3.63, 3.8) is 0 Å². The molecule has 0 fully saturated rings. The molecule has 0 saturated carbocycles. The summed E-state index contributed by atoms with van der Waals surface area (Å²) in [7, 11) is 0. The van der Waals surface area contributed by atoms with Crippen molar-refractivity contribution in [2.45, 2.75) is 31.7 Å². The molecule has 0 aliphatic carbocycles. The summed E-state index contributed by atoms with van der Waals surface area (Å²) in [6.45, 7) is 6.32. The average Bonchev–Trinajstić information content (AvgIpc) is 2.19. The van der Waals surface area contributed by atoms with Gasteiger partial charge in [0, 0.05) is 4.83 Å². The summed E-state index contributed by atoms with van der Waals surface area (Å²) < 4.78 is 5.48. The van der Waals surface area contributed by atoms with Gasteiger partial charge in [0.25, 0.3) is 0 Å². The van der Waals surface area contributed by atoms with E-state index in [1.54, 1.807) is 0 Å². The molecule has 2 atom stereocenters. The van der Waals surface area contributed by atoms with Gasteiger partial charge in [0.05, 0.1) is 0 Å². The molecule has 0 heterocycles. The number of aliphatic hydroxyl groups is 1. The Hall–Kier alpha value is -0.540. The topological polar surface area (TPSA) is 29.5 Å². The van der Waals surface area contributed by atoms with Gasteiger partial charge in [-0.2, -0.15) is 0 Å². The Kier molecular flexibility index (Phi) is 4.61.